The van der Waals surface area contributed by atoms with E-state index in [1.165, 1.54) is 6.07 Å². The Morgan fingerprint density at radius 2 is 1.35 bits per heavy atom. The number of para-hydroxylation sites is 1. The molecule has 0 N–H and O–H groups in total. The van der Waals surface area contributed by atoms with E-state index in [-0.39, 0.29) is 16.7 Å². The van der Waals surface area contributed by atoms with Crippen molar-refractivity contribution in [3.8, 4) is 16.9 Å². The van der Waals surface area contributed by atoms with Gasteiger partial charge >= 0.3 is 7.37 Å². The number of carbonyl (C=O) groups excluding carboxylic acids is 2. The van der Waals surface area contributed by atoms with E-state index in [4.69, 9.17) is 4.52 Å². The maximum Gasteiger partial charge on any atom is 0.309 e. The molecular formula is C24H13N2O4P. The van der Waals surface area contributed by atoms with Crippen molar-refractivity contribution in [3.63, 3.8) is 0 Å². The lowest BCUT2D eigenvalue weighted by atomic mass is 10.0. The Morgan fingerprint density at radius 3 is 2.13 bits per heavy atom. The van der Waals surface area contributed by atoms with Crippen LogP contribution in [-0.2, 0) is 14.2 Å². The van der Waals surface area contributed by atoms with E-state index in [0.29, 0.717) is 21.8 Å². The Balaban J connectivity index is 1.92. The highest BCUT2D eigenvalue weighted by Gasteiger charge is 2.40. The molecule has 4 aromatic carbocycles. The molecule has 0 radical (unpaired) electrons. The van der Waals surface area contributed by atoms with Crippen molar-refractivity contribution in [2.45, 2.75) is 0 Å². The molecule has 0 fully saturated rings. The van der Waals surface area contributed by atoms with E-state index in [0.717, 1.165) is 11.1 Å². The smallest absolute Gasteiger partial charge is 0.309 e. The summed E-state index contributed by atoms with van der Waals surface area (Å²) in [5.41, 5.74) is 2.02. The molecule has 148 valence electrons. The third kappa shape index (κ3) is 2.87. The van der Waals surface area contributed by atoms with Crippen molar-refractivity contribution in [1.29, 1.82) is 0 Å². The molecule has 0 saturated carbocycles. The second-order valence-electron chi connectivity index (χ2n) is 6.87. The molecule has 1 heterocycles. The van der Waals surface area contributed by atoms with Crippen molar-refractivity contribution in [2.24, 2.45) is 9.98 Å². The van der Waals surface area contributed by atoms with Crippen LogP contribution in [-0.4, -0.2) is 12.2 Å². The number of fused-ring (bicyclic) bond motifs is 4. The Kier molecular flexibility index (Phi) is 4.47. The Hall–Kier alpha value is -4.07. The number of nitrogens with zero attached hydrogens (tertiary/aromatic N) is 2. The van der Waals surface area contributed by atoms with E-state index in [1.807, 2.05) is 24.3 Å². The van der Waals surface area contributed by atoms with Crippen LogP contribution in [0.25, 0.3) is 21.9 Å². The molecule has 4 aromatic rings. The van der Waals surface area contributed by atoms with Crippen LogP contribution in [0.3, 0.4) is 0 Å². The molecule has 0 saturated heterocycles. The number of rotatable bonds is 3. The van der Waals surface area contributed by atoms with E-state index < -0.39 is 7.37 Å². The lowest BCUT2D eigenvalue weighted by Gasteiger charge is -2.29. The van der Waals surface area contributed by atoms with Gasteiger partial charge < -0.3 is 4.52 Å². The number of isocyanates is 2. The van der Waals surface area contributed by atoms with Gasteiger partial charge in [-0.3, -0.25) is 4.57 Å². The summed E-state index contributed by atoms with van der Waals surface area (Å²) in [7, 11) is -3.77. The van der Waals surface area contributed by atoms with Crippen molar-refractivity contribution in [3.05, 3.63) is 78.9 Å². The van der Waals surface area contributed by atoms with Crippen LogP contribution in [0.5, 0.6) is 5.75 Å². The fraction of sp³-hybridized carbons (Fsp3) is 0. The lowest BCUT2D eigenvalue weighted by molar-refractivity contribution is 0.502. The molecule has 0 amide bonds. The second kappa shape index (κ2) is 7.32. The first-order valence-electron chi connectivity index (χ1n) is 9.38. The molecule has 1 unspecified atom stereocenters. The highest BCUT2D eigenvalue weighted by Crippen LogP contribution is 2.56. The molecule has 0 aliphatic carbocycles. The minimum Gasteiger partial charge on any atom is -0.436 e. The predicted molar refractivity (Wildman–Crippen MR) is 119 cm³/mol. The zero-order valence-corrected chi connectivity index (χ0v) is 16.9. The average molecular weight is 424 g/mol. The van der Waals surface area contributed by atoms with Gasteiger partial charge in [-0.05, 0) is 23.8 Å². The summed E-state index contributed by atoms with van der Waals surface area (Å²) in [5.74, 6) is 0.458. The van der Waals surface area contributed by atoms with Crippen LogP contribution in [0, 0.1) is 0 Å². The largest absolute Gasteiger partial charge is 0.436 e. The normalized spacial score (nSPS) is 16.3. The van der Waals surface area contributed by atoms with Crippen molar-refractivity contribution in [2.75, 3.05) is 0 Å². The fourth-order valence-corrected chi connectivity index (χ4v) is 6.38. The lowest BCUT2D eigenvalue weighted by Crippen LogP contribution is -2.25. The van der Waals surface area contributed by atoms with Crippen LogP contribution >= 0.6 is 7.37 Å². The maximum atomic E-state index is 14.6. The highest BCUT2D eigenvalue weighted by molar-refractivity contribution is 7.75. The van der Waals surface area contributed by atoms with Crippen molar-refractivity contribution < 1.29 is 18.7 Å². The van der Waals surface area contributed by atoms with Crippen molar-refractivity contribution >= 4 is 52.3 Å². The van der Waals surface area contributed by atoms with Gasteiger partial charge in [0.25, 0.3) is 0 Å². The summed E-state index contributed by atoms with van der Waals surface area (Å²) < 4.78 is 20.7. The highest BCUT2D eigenvalue weighted by atomic mass is 31.2. The summed E-state index contributed by atoms with van der Waals surface area (Å²) >= 11 is 0. The van der Waals surface area contributed by atoms with Crippen LogP contribution in [0.15, 0.2) is 88.8 Å². The molecule has 5 rings (SSSR count). The van der Waals surface area contributed by atoms with Gasteiger partial charge in [-0.2, -0.15) is 9.98 Å². The maximum absolute atomic E-state index is 14.6. The minimum absolute atomic E-state index is 0.172. The van der Waals surface area contributed by atoms with Crippen LogP contribution < -0.4 is 15.1 Å². The standard InChI is InChI=1S/C24H13N2O4P/c27-14-25-20-13-23(24(26-15-28)19-10-2-1-7-16(19)20)31(29)22-12-6-4-9-18(22)17-8-3-5-11-21(17)30-31/h1-13H. The van der Waals surface area contributed by atoms with E-state index in [9.17, 15) is 14.2 Å². The van der Waals surface area contributed by atoms with Crippen LogP contribution in [0.1, 0.15) is 0 Å². The monoisotopic (exact) mass is 424 g/mol. The van der Waals surface area contributed by atoms with Gasteiger partial charge in [0.05, 0.1) is 22.0 Å². The molecule has 7 heteroatoms. The van der Waals surface area contributed by atoms with Gasteiger partial charge in [-0.15, -0.1) is 0 Å². The van der Waals surface area contributed by atoms with Crippen molar-refractivity contribution in [1.82, 2.24) is 0 Å². The SMILES string of the molecule is O=C=Nc1cc(P2(=O)Oc3ccccc3-c3ccccc32)c(N=C=O)c2ccccc12. The van der Waals surface area contributed by atoms with E-state index in [2.05, 4.69) is 9.98 Å². The van der Waals surface area contributed by atoms with E-state index >= 15 is 0 Å². The number of hydrogen-bond acceptors (Lipinski definition) is 6. The number of benzene rings is 4. The first-order chi connectivity index (χ1) is 15.2. The summed E-state index contributed by atoms with van der Waals surface area (Å²) in [6.45, 7) is 0. The molecular weight excluding hydrogens is 411 g/mol. The molecule has 31 heavy (non-hydrogen) atoms. The summed E-state index contributed by atoms with van der Waals surface area (Å²) in [6, 6.07) is 23.0. The predicted octanol–water partition coefficient (Wildman–Crippen LogP) is 5.06. The first-order valence-corrected chi connectivity index (χ1v) is 11.0. The quantitative estimate of drug-likeness (QED) is 0.261. The van der Waals surface area contributed by atoms with Gasteiger partial charge in [0.15, 0.2) is 0 Å². The third-order valence-corrected chi connectivity index (χ3v) is 7.69. The first kappa shape index (κ1) is 18.9. The summed E-state index contributed by atoms with van der Waals surface area (Å²) in [5, 5.41) is 1.73. The molecule has 0 aromatic heterocycles. The van der Waals surface area contributed by atoms with Crippen LogP contribution in [0.4, 0.5) is 11.4 Å². The van der Waals surface area contributed by atoms with Gasteiger partial charge in [0.2, 0.25) is 12.2 Å². The topological polar surface area (TPSA) is 85.2 Å². The van der Waals surface area contributed by atoms with Gasteiger partial charge in [0.1, 0.15) is 5.75 Å². The van der Waals surface area contributed by atoms with E-state index in [1.54, 1.807) is 60.7 Å². The molecule has 1 atom stereocenters. The summed E-state index contributed by atoms with van der Waals surface area (Å²) in [4.78, 5) is 30.1. The van der Waals surface area contributed by atoms with Crippen LogP contribution in [0.2, 0.25) is 0 Å². The molecule has 6 nitrogen and oxygen atoms in total. The Morgan fingerprint density at radius 1 is 0.710 bits per heavy atom. The minimum atomic E-state index is -3.77. The van der Waals surface area contributed by atoms with Gasteiger partial charge in [-0.25, -0.2) is 9.59 Å². The Bertz CT molecular complexity index is 1520. The third-order valence-electron chi connectivity index (χ3n) is 5.24. The zero-order chi connectivity index (χ0) is 21.4. The zero-order valence-electron chi connectivity index (χ0n) is 16.0. The number of aliphatic imine (C=N–C) groups is 2. The van der Waals surface area contributed by atoms with Gasteiger partial charge in [0, 0.05) is 16.3 Å². The fourth-order valence-electron chi connectivity index (χ4n) is 3.95. The summed E-state index contributed by atoms with van der Waals surface area (Å²) in [6.07, 6.45) is 3.10. The molecule has 1 aliphatic rings. The number of hydrogen-bond donors (Lipinski definition) is 0. The molecule has 1 aliphatic heterocycles. The molecule has 0 bridgehead atoms. The second-order valence-corrected chi connectivity index (χ2v) is 9.12. The average Bonchev–Trinajstić information content (AvgIpc) is 2.81. The Labute approximate surface area is 177 Å². The molecule has 0 spiro atoms. The van der Waals surface area contributed by atoms with Gasteiger partial charge in [-0.1, -0.05) is 60.7 Å².